The first kappa shape index (κ1) is 14.6. The predicted octanol–water partition coefficient (Wildman–Crippen LogP) is 2.31. The molecule has 6 nitrogen and oxygen atoms in total. The molecule has 1 aromatic carbocycles. The molecule has 0 saturated carbocycles. The number of nitrogens with zero attached hydrogens (tertiary/aromatic N) is 6. The highest BCUT2D eigenvalue weighted by Crippen LogP contribution is 2.26. The molecule has 118 valence electrons. The molecule has 1 fully saturated rings. The highest BCUT2D eigenvalue weighted by atomic mass is 79.9. The van der Waals surface area contributed by atoms with E-state index < -0.39 is 0 Å². The van der Waals surface area contributed by atoms with Gasteiger partial charge < -0.3 is 9.80 Å². The van der Waals surface area contributed by atoms with Gasteiger partial charge in [-0.2, -0.15) is 0 Å². The van der Waals surface area contributed by atoms with Crippen molar-refractivity contribution < 1.29 is 0 Å². The van der Waals surface area contributed by atoms with Gasteiger partial charge in [-0.15, -0.1) is 10.2 Å². The summed E-state index contributed by atoms with van der Waals surface area (Å²) in [4.78, 5) is 9.32. The summed E-state index contributed by atoms with van der Waals surface area (Å²) in [5.74, 6) is 0.911. The highest BCUT2D eigenvalue weighted by molar-refractivity contribution is 9.10. The van der Waals surface area contributed by atoms with Gasteiger partial charge in [-0.05, 0) is 19.2 Å². The van der Waals surface area contributed by atoms with Crippen LogP contribution in [0.1, 0.15) is 0 Å². The third-order valence-corrected chi connectivity index (χ3v) is 4.73. The molecule has 4 rings (SSSR count). The second-order valence-corrected chi connectivity index (χ2v) is 6.71. The predicted molar refractivity (Wildman–Crippen MR) is 93.6 cm³/mol. The fourth-order valence-electron chi connectivity index (χ4n) is 2.91. The van der Waals surface area contributed by atoms with Crippen LogP contribution in [0.4, 0.5) is 5.82 Å². The van der Waals surface area contributed by atoms with Crippen molar-refractivity contribution in [3.05, 3.63) is 41.3 Å². The minimum absolute atomic E-state index is 0.812. The molecule has 7 heteroatoms. The molecule has 3 aromatic rings. The number of piperazine rings is 1. The first-order valence-corrected chi connectivity index (χ1v) is 8.40. The van der Waals surface area contributed by atoms with Crippen LogP contribution in [-0.4, -0.2) is 57.7 Å². The molecule has 0 bridgehead atoms. The van der Waals surface area contributed by atoms with Crippen molar-refractivity contribution in [1.29, 1.82) is 0 Å². The number of benzene rings is 1. The lowest BCUT2D eigenvalue weighted by Gasteiger charge is -2.33. The summed E-state index contributed by atoms with van der Waals surface area (Å²) in [6.07, 6.45) is 3.67. The van der Waals surface area contributed by atoms with Crippen LogP contribution in [0, 0.1) is 0 Å². The maximum atomic E-state index is 4.70. The zero-order valence-electron chi connectivity index (χ0n) is 12.9. The number of likely N-dealkylation sites (N-methyl/N-ethyl adjacent to an activating group) is 1. The molecule has 23 heavy (non-hydrogen) atoms. The summed E-state index contributed by atoms with van der Waals surface area (Å²) in [5, 5.41) is 8.41. The zero-order chi connectivity index (χ0) is 15.8. The second kappa shape index (κ2) is 5.90. The summed E-state index contributed by atoms with van der Waals surface area (Å²) in [5.41, 5.74) is 2.89. The normalized spacial score (nSPS) is 16.2. The van der Waals surface area contributed by atoms with E-state index in [1.54, 1.807) is 6.33 Å². The lowest BCUT2D eigenvalue weighted by Crippen LogP contribution is -2.45. The Labute approximate surface area is 142 Å². The van der Waals surface area contributed by atoms with E-state index >= 15 is 0 Å². The maximum absolute atomic E-state index is 4.70. The molecule has 0 N–H and O–H groups in total. The van der Waals surface area contributed by atoms with Gasteiger partial charge in [-0.25, -0.2) is 4.98 Å². The lowest BCUT2D eigenvalue weighted by molar-refractivity contribution is 0.312. The lowest BCUT2D eigenvalue weighted by atomic mass is 10.1. The van der Waals surface area contributed by atoms with Crippen LogP contribution in [0.25, 0.3) is 16.9 Å². The molecule has 1 saturated heterocycles. The van der Waals surface area contributed by atoms with Crippen molar-refractivity contribution >= 4 is 27.4 Å². The van der Waals surface area contributed by atoms with E-state index in [4.69, 9.17) is 4.98 Å². The van der Waals surface area contributed by atoms with Crippen LogP contribution in [0.2, 0.25) is 0 Å². The third-order valence-electron chi connectivity index (χ3n) is 4.24. The Balaban J connectivity index is 1.79. The standard InChI is InChI=1S/C16H17BrN6/c1-21-5-7-22(8-6-21)15-16-20-19-11-23(16)14(10-18-15)12-3-2-4-13(17)9-12/h2-4,9-11H,5-8H2,1H3. The van der Waals surface area contributed by atoms with Crippen LogP contribution in [0.5, 0.6) is 0 Å². The monoisotopic (exact) mass is 372 g/mol. The van der Waals surface area contributed by atoms with E-state index in [-0.39, 0.29) is 0 Å². The van der Waals surface area contributed by atoms with E-state index in [0.717, 1.165) is 53.4 Å². The molecule has 1 aliphatic heterocycles. The van der Waals surface area contributed by atoms with Crippen molar-refractivity contribution in [2.24, 2.45) is 0 Å². The average Bonchev–Trinajstić information content (AvgIpc) is 3.04. The smallest absolute Gasteiger partial charge is 0.204 e. The summed E-state index contributed by atoms with van der Waals surface area (Å²) >= 11 is 3.52. The summed E-state index contributed by atoms with van der Waals surface area (Å²) in [7, 11) is 2.15. The molecule has 3 heterocycles. The summed E-state index contributed by atoms with van der Waals surface area (Å²) in [6.45, 7) is 4.00. The van der Waals surface area contributed by atoms with Gasteiger partial charge >= 0.3 is 0 Å². The van der Waals surface area contributed by atoms with Gasteiger partial charge in [0, 0.05) is 36.2 Å². The van der Waals surface area contributed by atoms with E-state index in [0.29, 0.717) is 0 Å². The molecule has 0 unspecified atom stereocenters. The van der Waals surface area contributed by atoms with Gasteiger partial charge in [0.25, 0.3) is 0 Å². The molecule has 0 aliphatic carbocycles. The minimum atomic E-state index is 0.812. The number of halogens is 1. The van der Waals surface area contributed by atoms with Gasteiger partial charge in [-0.1, -0.05) is 28.1 Å². The Kier molecular flexibility index (Phi) is 3.74. The molecule has 0 spiro atoms. The first-order valence-electron chi connectivity index (χ1n) is 7.60. The molecule has 0 amide bonds. The molecular weight excluding hydrogens is 356 g/mol. The Morgan fingerprint density at radius 1 is 1.13 bits per heavy atom. The minimum Gasteiger partial charge on any atom is -0.351 e. The fourth-order valence-corrected chi connectivity index (χ4v) is 3.31. The number of fused-ring (bicyclic) bond motifs is 1. The van der Waals surface area contributed by atoms with Crippen molar-refractivity contribution in [2.75, 3.05) is 38.1 Å². The first-order chi connectivity index (χ1) is 11.2. The van der Waals surface area contributed by atoms with Crippen LogP contribution < -0.4 is 4.90 Å². The van der Waals surface area contributed by atoms with Crippen LogP contribution in [0.15, 0.2) is 41.3 Å². The largest absolute Gasteiger partial charge is 0.351 e. The number of hydrogen-bond donors (Lipinski definition) is 0. The maximum Gasteiger partial charge on any atom is 0.204 e. The Morgan fingerprint density at radius 2 is 1.96 bits per heavy atom. The number of hydrogen-bond acceptors (Lipinski definition) is 5. The second-order valence-electron chi connectivity index (χ2n) is 5.79. The molecule has 1 aliphatic rings. The highest BCUT2D eigenvalue weighted by Gasteiger charge is 2.20. The summed E-state index contributed by atoms with van der Waals surface area (Å²) < 4.78 is 3.06. The Morgan fingerprint density at radius 3 is 2.74 bits per heavy atom. The average molecular weight is 373 g/mol. The number of anilines is 1. The Hall–Kier alpha value is -1.99. The SMILES string of the molecule is CN1CCN(c2ncc(-c3cccc(Br)c3)n3cnnc23)CC1. The fraction of sp³-hybridized carbons (Fsp3) is 0.312. The van der Waals surface area contributed by atoms with Gasteiger partial charge in [0.15, 0.2) is 5.82 Å². The van der Waals surface area contributed by atoms with Crippen molar-refractivity contribution in [1.82, 2.24) is 24.5 Å². The van der Waals surface area contributed by atoms with E-state index in [1.165, 1.54) is 0 Å². The van der Waals surface area contributed by atoms with Gasteiger partial charge in [0.05, 0.1) is 11.9 Å². The van der Waals surface area contributed by atoms with Crippen LogP contribution in [0.3, 0.4) is 0 Å². The molecule has 0 atom stereocenters. The summed E-state index contributed by atoms with van der Waals surface area (Å²) in [6, 6.07) is 8.17. The van der Waals surface area contributed by atoms with Crippen LogP contribution >= 0.6 is 15.9 Å². The van der Waals surface area contributed by atoms with Gasteiger partial charge in [-0.3, -0.25) is 4.40 Å². The third kappa shape index (κ3) is 2.70. The quantitative estimate of drug-likeness (QED) is 0.690. The van der Waals surface area contributed by atoms with E-state index in [2.05, 4.69) is 55.1 Å². The van der Waals surface area contributed by atoms with Crippen molar-refractivity contribution in [2.45, 2.75) is 0 Å². The van der Waals surface area contributed by atoms with Gasteiger partial charge in [0.2, 0.25) is 5.65 Å². The molecular formula is C16H17BrN6. The number of aromatic nitrogens is 4. The number of rotatable bonds is 2. The topological polar surface area (TPSA) is 49.6 Å². The molecule has 0 radical (unpaired) electrons. The van der Waals surface area contributed by atoms with Crippen LogP contribution in [-0.2, 0) is 0 Å². The van der Waals surface area contributed by atoms with E-state index in [1.807, 2.05) is 22.7 Å². The van der Waals surface area contributed by atoms with Crippen molar-refractivity contribution in [3.63, 3.8) is 0 Å². The van der Waals surface area contributed by atoms with Crippen molar-refractivity contribution in [3.8, 4) is 11.3 Å². The zero-order valence-corrected chi connectivity index (χ0v) is 14.4. The van der Waals surface area contributed by atoms with Gasteiger partial charge in [0.1, 0.15) is 6.33 Å². The Bertz CT molecular complexity index is 837. The molecule has 2 aromatic heterocycles. The van der Waals surface area contributed by atoms with E-state index in [9.17, 15) is 0 Å².